The van der Waals surface area contributed by atoms with Gasteiger partial charge in [0.1, 0.15) is 0 Å². The van der Waals surface area contributed by atoms with Crippen LogP contribution in [-0.4, -0.2) is 20.4 Å². The highest BCUT2D eigenvalue weighted by atomic mass is 16.3. The number of aliphatic hydroxyl groups excluding tert-OH is 4. The largest absolute Gasteiger partial charge is 0.392 e. The Morgan fingerprint density at radius 2 is 0.700 bits per heavy atom. The molecule has 2 aromatic rings. The average molecular weight is 274 g/mol. The number of hydrogen-bond donors (Lipinski definition) is 4. The van der Waals surface area contributed by atoms with Crippen LogP contribution < -0.4 is 0 Å². The van der Waals surface area contributed by atoms with Crippen LogP contribution in [0, 0.1) is 0 Å². The molecule has 4 N–H and O–H groups in total. The molecule has 4 nitrogen and oxygen atoms in total. The molecule has 0 aliphatic carbocycles. The Balaban J connectivity index is 2.54. The molecule has 0 aliphatic heterocycles. The molecule has 0 atom stereocenters. The molecule has 2 aromatic carbocycles. The van der Waals surface area contributed by atoms with Gasteiger partial charge >= 0.3 is 0 Å². The molecule has 0 aromatic heterocycles. The maximum absolute atomic E-state index is 9.27. The molecule has 0 saturated carbocycles. The van der Waals surface area contributed by atoms with Gasteiger partial charge in [-0.1, -0.05) is 12.1 Å². The van der Waals surface area contributed by atoms with Crippen molar-refractivity contribution in [3.05, 3.63) is 58.7 Å². The first-order valence-electron chi connectivity index (χ1n) is 6.39. The van der Waals surface area contributed by atoms with Crippen molar-refractivity contribution in [3.63, 3.8) is 0 Å². The first-order valence-corrected chi connectivity index (χ1v) is 6.39. The van der Waals surface area contributed by atoms with Crippen LogP contribution in [0.1, 0.15) is 22.3 Å². The molecule has 106 valence electrons. The molecule has 0 radical (unpaired) electrons. The van der Waals surface area contributed by atoms with E-state index in [2.05, 4.69) is 0 Å². The van der Waals surface area contributed by atoms with Gasteiger partial charge in [0, 0.05) is 0 Å². The molecule has 0 fully saturated rings. The van der Waals surface area contributed by atoms with Crippen LogP contribution >= 0.6 is 0 Å². The second kappa shape index (κ2) is 6.63. The lowest BCUT2D eigenvalue weighted by atomic mass is 9.97. The minimum Gasteiger partial charge on any atom is -0.392 e. The Hall–Kier alpha value is -1.72. The molecule has 2 rings (SSSR count). The molecule has 20 heavy (non-hydrogen) atoms. The fourth-order valence-electron chi connectivity index (χ4n) is 2.22. The van der Waals surface area contributed by atoms with Crippen molar-refractivity contribution in [2.24, 2.45) is 0 Å². The standard InChI is InChI=1S/C16H18O4/c17-7-11-1-12(8-18)4-15(3-11)16-5-13(9-19)2-14(6-16)10-20/h1-6,17-20H,7-10H2. The third-order valence-electron chi connectivity index (χ3n) is 3.17. The van der Waals surface area contributed by atoms with Gasteiger partial charge in [0.15, 0.2) is 0 Å². The zero-order valence-corrected chi connectivity index (χ0v) is 11.1. The summed E-state index contributed by atoms with van der Waals surface area (Å²) < 4.78 is 0. The Morgan fingerprint density at radius 3 is 0.900 bits per heavy atom. The SMILES string of the molecule is OCc1cc(CO)cc(-c2cc(CO)cc(CO)c2)c1. The highest BCUT2D eigenvalue weighted by Crippen LogP contribution is 2.25. The minimum atomic E-state index is -0.104. The summed E-state index contributed by atoms with van der Waals surface area (Å²) in [6.45, 7) is -0.415. The van der Waals surface area contributed by atoms with E-state index in [0.29, 0.717) is 22.3 Å². The highest BCUT2D eigenvalue weighted by Gasteiger charge is 2.06. The van der Waals surface area contributed by atoms with Gasteiger partial charge in [0.2, 0.25) is 0 Å². The van der Waals surface area contributed by atoms with Crippen molar-refractivity contribution in [2.75, 3.05) is 0 Å². The van der Waals surface area contributed by atoms with E-state index in [4.69, 9.17) is 0 Å². The van der Waals surface area contributed by atoms with Crippen LogP contribution in [0.15, 0.2) is 36.4 Å². The van der Waals surface area contributed by atoms with Gasteiger partial charge in [0.05, 0.1) is 26.4 Å². The van der Waals surface area contributed by atoms with Crippen LogP contribution in [0.5, 0.6) is 0 Å². The zero-order chi connectivity index (χ0) is 14.5. The van der Waals surface area contributed by atoms with E-state index in [1.54, 1.807) is 12.1 Å². The number of hydrogen-bond acceptors (Lipinski definition) is 4. The van der Waals surface area contributed by atoms with E-state index < -0.39 is 0 Å². The van der Waals surface area contributed by atoms with Crippen LogP contribution in [0.3, 0.4) is 0 Å². The topological polar surface area (TPSA) is 80.9 Å². The molecule has 0 heterocycles. The number of benzene rings is 2. The summed E-state index contributed by atoms with van der Waals surface area (Å²) in [7, 11) is 0. The average Bonchev–Trinajstić information content (AvgIpc) is 2.53. The summed E-state index contributed by atoms with van der Waals surface area (Å²) in [5.41, 5.74) is 4.53. The van der Waals surface area contributed by atoms with Crippen LogP contribution in [-0.2, 0) is 26.4 Å². The van der Waals surface area contributed by atoms with E-state index in [0.717, 1.165) is 11.1 Å². The van der Waals surface area contributed by atoms with E-state index in [1.165, 1.54) is 0 Å². The van der Waals surface area contributed by atoms with Gasteiger partial charge in [-0.15, -0.1) is 0 Å². The van der Waals surface area contributed by atoms with Crippen molar-refractivity contribution in [1.82, 2.24) is 0 Å². The van der Waals surface area contributed by atoms with Gasteiger partial charge in [-0.2, -0.15) is 0 Å². The summed E-state index contributed by atoms with van der Waals surface area (Å²) in [6.07, 6.45) is 0. The highest BCUT2D eigenvalue weighted by molar-refractivity contribution is 5.67. The lowest BCUT2D eigenvalue weighted by molar-refractivity contribution is 0.274. The fourth-order valence-corrected chi connectivity index (χ4v) is 2.22. The van der Waals surface area contributed by atoms with Gasteiger partial charge < -0.3 is 20.4 Å². The van der Waals surface area contributed by atoms with E-state index in [-0.39, 0.29) is 26.4 Å². The molecule has 0 unspecified atom stereocenters. The molecule has 0 aliphatic rings. The molecule has 4 heteroatoms. The lowest BCUT2D eigenvalue weighted by Gasteiger charge is -2.10. The fraction of sp³-hybridized carbons (Fsp3) is 0.250. The van der Waals surface area contributed by atoms with E-state index in [9.17, 15) is 20.4 Å². The normalized spacial score (nSPS) is 10.8. The number of aliphatic hydroxyl groups is 4. The molecule has 0 bridgehead atoms. The van der Waals surface area contributed by atoms with Gasteiger partial charge in [0.25, 0.3) is 0 Å². The Kier molecular flexibility index (Phi) is 4.87. The summed E-state index contributed by atoms with van der Waals surface area (Å²) in [6, 6.07) is 10.8. The number of rotatable bonds is 5. The summed E-state index contributed by atoms with van der Waals surface area (Å²) in [5, 5.41) is 37.1. The van der Waals surface area contributed by atoms with Gasteiger partial charge in [-0.3, -0.25) is 0 Å². The van der Waals surface area contributed by atoms with E-state index >= 15 is 0 Å². The van der Waals surface area contributed by atoms with Crippen LogP contribution in [0.25, 0.3) is 11.1 Å². The molecular formula is C16H18O4. The Morgan fingerprint density at radius 1 is 0.450 bits per heavy atom. The van der Waals surface area contributed by atoms with Crippen molar-refractivity contribution < 1.29 is 20.4 Å². The summed E-state index contributed by atoms with van der Waals surface area (Å²) >= 11 is 0. The smallest absolute Gasteiger partial charge is 0.0682 e. The van der Waals surface area contributed by atoms with Crippen LogP contribution in [0.4, 0.5) is 0 Å². The van der Waals surface area contributed by atoms with Crippen LogP contribution in [0.2, 0.25) is 0 Å². The van der Waals surface area contributed by atoms with Crippen molar-refractivity contribution in [1.29, 1.82) is 0 Å². The quantitative estimate of drug-likeness (QED) is 0.663. The minimum absolute atomic E-state index is 0.104. The third-order valence-corrected chi connectivity index (χ3v) is 3.17. The Bertz CT molecular complexity index is 495. The summed E-state index contributed by atoms with van der Waals surface area (Å²) in [4.78, 5) is 0. The molecule has 0 saturated heterocycles. The second-order valence-electron chi connectivity index (χ2n) is 4.71. The molecular weight excluding hydrogens is 256 g/mol. The van der Waals surface area contributed by atoms with Gasteiger partial charge in [-0.05, 0) is 57.6 Å². The molecule has 0 spiro atoms. The van der Waals surface area contributed by atoms with Gasteiger partial charge in [-0.25, -0.2) is 0 Å². The Labute approximate surface area is 117 Å². The predicted octanol–water partition coefficient (Wildman–Crippen LogP) is 1.32. The first-order chi connectivity index (χ1) is 9.69. The third kappa shape index (κ3) is 3.23. The van der Waals surface area contributed by atoms with Crippen molar-refractivity contribution in [2.45, 2.75) is 26.4 Å². The maximum Gasteiger partial charge on any atom is 0.0682 e. The second-order valence-corrected chi connectivity index (χ2v) is 4.71. The van der Waals surface area contributed by atoms with Crippen molar-refractivity contribution >= 4 is 0 Å². The first kappa shape index (κ1) is 14.7. The predicted molar refractivity (Wildman–Crippen MR) is 75.6 cm³/mol. The van der Waals surface area contributed by atoms with E-state index in [1.807, 2.05) is 24.3 Å². The lowest BCUT2D eigenvalue weighted by Crippen LogP contribution is -1.94. The van der Waals surface area contributed by atoms with Crippen molar-refractivity contribution in [3.8, 4) is 11.1 Å². The monoisotopic (exact) mass is 274 g/mol. The zero-order valence-electron chi connectivity index (χ0n) is 11.1. The molecule has 0 amide bonds. The summed E-state index contributed by atoms with van der Waals surface area (Å²) in [5.74, 6) is 0. The maximum atomic E-state index is 9.27.